The number of hydrogen-bond acceptors (Lipinski definition) is 5. The third-order valence-electron chi connectivity index (χ3n) is 6.31. The van der Waals surface area contributed by atoms with Crippen molar-refractivity contribution >= 4 is 29.1 Å². The molecule has 2 aromatic rings. The molecule has 164 valence electrons. The first-order valence-electron chi connectivity index (χ1n) is 10.9. The van der Waals surface area contributed by atoms with Gasteiger partial charge in [-0.1, -0.05) is 37.1 Å². The van der Waals surface area contributed by atoms with Crippen LogP contribution >= 0.6 is 11.3 Å². The summed E-state index contributed by atoms with van der Waals surface area (Å²) >= 11 is 1.60. The fraction of sp³-hybridized carbons (Fsp3) is 0.458. The number of rotatable bonds is 8. The van der Waals surface area contributed by atoms with Crippen LogP contribution in [0.15, 0.2) is 41.8 Å². The van der Waals surface area contributed by atoms with Crippen molar-refractivity contribution in [2.24, 2.45) is 11.8 Å². The van der Waals surface area contributed by atoms with Gasteiger partial charge >= 0.3 is 0 Å². The van der Waals surface area contributed by atoms with Gasteiger partial charge in [-0.05, 0) is 30.4 Å². The van der Waals surface area contributed by atoms with E-state index >= 15 is 0 Å². The van der Waals surface area contributed by atoms with E-state index in [0.717, 1.165) is 41.9 Å². The first-order chi connectivity index (χ1) is 15.1. The smallest absolute Gasteiger partial charge is 0.233 e. The van der Waals surface area contributed by atoms with Crippen LogP contribution in [0.3, 0.4) is 0 Å². The number of para-hydroxylation sites is 1. The normalized spacial score (nSPS) is 20.6. The summed E-state index contributed by atoms with van der Waals surface area (Å²) < 4.78 is 5.45. The van der Waals surface area contributed by atoms with Crippen LogP contribution in [-0.2, 0) is 27.5 Å². The quantitative estimate of drug-likeness (QED) is 0.585. The number of methoxy groups -OCH3 is 1. The number of likely N-dealkylation sites (tertiary alicyclic amines) is 1. The third-order valence-corrected chi connectivity index (χ3v) is 7.18. The molecule has 2 heterocycles. The van der Waals surface area contributed by atoms with Crippen molar-refractivity contribution in [3.05, 3.63) is 52.2 Å². The number of benzene rings is 1. The number of hydrogen-bond donors (Lipinski definition) is 0. The molecule has 2 aliphatic rings. The Labute approximate surface area is 186 Å². The highest BCUT2D eigenvalue weighted by atomic mass is 32.1. The molecule has 3 amide bonds. The molecule has 1 aromatic heterocycles. The minimum atomic E-state index is -0.174. The maximum Gasteiger partial charge on any atom is 0.233 e. The number of amides is 3. The Kier molecular flexibility index (Phi) is 6.70. The molecule has 0 radical (unpaired) electrons. The topological polar surface area (TPSA) is 66.9 Å². The van der Waals surface area contributed by atoms with Gasteiger partial charge in [0.05, 0.1) is 25.5 Å². The van der Waals surface area contributed by atoms with Crippen molar-refractivity contribution in [1.82, 2.24) is 9.80 Å². The summed E-state index contributed by atoms with van der Waals surface area (Å²) in [6.45, 7) is 1.06. The van der Waals surface area contributed by atoms with Crippen LogP contribution in [0.4, 0.5) is 0 Å². The van der Waals surface area contributed by atoms with Gasteiger partial charge in [-0.2, -0.15) is 0 Å². The van der Waals surface area contributed by atoms with Crippen LogP contribution in [-0.4, -0.2) is 41.2 Å². The Morgan fingerprint density at radius 2 is 1.77 bits per heavy atom. The van der Waals surface area contributed by atoms with Gasteiger partial charge in [0.15, 0.2) is 0 Å². The molecule has 1 saturated heterocycles. The summed E-state index contributed by atoms with van der Waals surface area (Å²) in [5.74, 6) is 0.142. The number of thiophene rings is 1. The molecule has 0 N–H and O–H groups in total. The molecule has 0 bridgehead atoms. The Morgan fingerprint density at radius 1 is 1.06 bits per heavy atom. The molecular formula is C24H28N2O4S. The van der Waals surface area contributed by atoms with E-state index in [1.807, 2.05) is 41.8 Å². The highest BCUT2D eigenvalue weighted by Crippen LogP contribution is 2.38. The molecule has 1 aliphatic carbocycles. The van der Waals surface area contributed by atoms with Crippen LogP contribution in [0.25, 0.3) is 0 Å². The number of carbonyl (C=O) groups is 3. The van der Waals surface area contributed by atoms with Gasteiger partial charge in [0, 0.05) is 30.0 Å². The summed E-state index contributed by atoms with van der Waals surface area (Å²) in [5.41, 5.74) is 0.925. The lowest BCUT2D eigenvalue weighted by atomic mass is 9.81. The van der Waals surface area contributed by atoms with E-state index in [-0.39, 0.29) is 42.5 Å². The van der Waals surface area contributed by atoms with Crippen LogP contribution in [0.2, 0.25) is 0 Å². The van der Waals surface area contributed by atoms with Gasteiger partial charge in [-0.3, -0.25) is 19.3 Å². The third kappa shape index (κ3) is 4.66. The fourth-order valence-electron chi connectivity index (χ4n) is 4.68. The Morgan fingerprint density at radius 3 is 2.42 bits per heavy atom. The first kappa shape index (κ1) is 21.6. The number of imide groups is 1. The Balaban J connectivity index is 1.45. The Bertz CT molecular complexity index is 919. The van der Waals surface area contributed by atoms with Crippen molar-refractivity contribution in [2.45, 2.75) is 45.2 Å². The van der Waals surface area contributed by atoms with E-state index in [2.05, 4.69) is 0 Å². The van der Waals surface area contributed by atoms with E-state index in [0.29, 0.717) is 13.1 Å². The molecule has 7 heteroatoms. The van der Waals surface area contributed by atoms with Gasteiger partial charge in [0.25, 0.3) is 0 Å². The summed E-state index contributed by atoms with van der Waals surface area (Å²) in [7, 11) is 1.62. The van der Waals surface area contributed by atoms with E-state index < -0.39 is 0 Å². The number of fused-ring (bicyclic) bond motifs is 1. The van der Waals surface area contributed by atoms with Crippen molar-refractivity contribution < 1.29 is 19.1 Å². The second-order valence-corrected chi connectivity index (χ2v) is 9.25. The average molecular weight is 441 g/mol. The fourth-order valence-corrected chi connectivity index (χ4v) is 5.40. The molecule has 1 aliphatic heterocycles. The molecule has 0 spiro atoms. The lowest BCUT2D eigenvalue weighted by Crippen LogP contribution is -2.37. The zero-order valence-electron chi connectivity index (χ0n) is 17.8. The van der Waals surface area contributed by atoms with Crippen LogP contribution in [0.1, 0.15) is 42.5 Å². The number of ether oxygens (including phenoxy) is 1. The highest BCUT2D eigenvalue weighted by molar-refractivity contribution is 7.09. The SMILES string of the molecule is COc1ccccc1CN(Cc1cccs1)C(=O)CCN1C(=O)[C@H]2CCCC[C@H]2C1=O. The van der Waals surface area contributed by atoms with Crippen LogP contribution in [0, 0.1) is 11.8 Å². The van der Waals surface area contributed by atoms with Crippen molar-refractivity contribution in [1.29, 1.82) is 0 Å². The molecule has 1 aromatic carbocycles. The molecular weight excluding hydrogens is 412 g/mol. The number of nitrogens with zero attached hydrogens (tertiary/aromatic N) is 2. The minimum absolute atomic E-state index is 0.0743. The predicted octanol–water partition coefficient (Wildman–Crippen LogP) is 3.85. The predicted molar refractivity (Wildman–Crippen MR) is 118 cm³/mol. The van der Waals surface area contributed by atoms with Crippen LogP contribution < -0.4 is 4.74 Å². The van der Waals surface area contributed by atoms with Gasteiger partial charge in [-0.15, -0.1) is 11.3 Å². The van der Waals surface area contributed by atoms with Gasteiger partial charge in [0.2, 0.25) is 17.7 Å². The molecule has 0 unspecified atom stereocenters. The minimum Gasteiger partial charge on any atom is -0.496 e. The summed E-state index contributed by atoms with van der Waals surface area (Å²) in [6, 6.07) is 11.6. The zero-order valence-corrected chi connectivity index (χ0v) is 18.6. The molecule has 4 rings (SSSR count). The standard InChI is InChI=1S/C24H28N2O4S/c1-30-21-11-5-2-7-17(21)15-25(16-18-8-6-14-31-18)22(27)12-13-26-23(28)19-9-3-4-10-20(19)24(26)29/h2,5-8,11,14,19-20H,3-4,9-10,12-13,15-16H2,1H3/t19-,20+. The maximum absolute atomic E-state index is 13.2. The van der Waals surface area contributed by atoms with Gasteiger partial charge in [0.1, 0.15) is 5.75 Å². The summed E-state index contributed by atoms with van der Waals surface area (Å²) in [6.07, 6.45) is 3.72. The largest absolute Gasteiger partial charge is 0.496 e. The van der Waals surface area contributed by atoms with Crippen molar-refractivity contribution in [3.63, 3.8) is 0 Å². The summed E-state index contributed by atoms with van der Waals surface area (Å²) in [4.78, 5) is 42.9. The second-order valence-electron chi connectivity index (χ2n) is 8.22. The van der Waals surface area contributed by atoms with E-state index in [1.165, 1.54) is 4.90 Å². The van der Waals surface area contributed by atoms with Crippen molar-refractivity contribution in [3.8, 4) is 5.75 Å². The zero-order chi connectivity index (χ0) is 21.8. The monoisotopic (exact) mass is 440 g/mol. The summed E-state index contributed by atoms with van der Waals surface area (Å²) in [5, 5.41) is 1.99. The van der Waals surface area contributed by atoms with Crippen LogP contribution in [0.5, 0.6) is 5.75 Å². The average Bonchev–Trinajstić information content (AvgIpc) is 3.39. The van der Waals surface area contributed by atoms with E-state index in [4.69, 9.17) is 4.74 Å². The number of carbonyl (C=O) groups excluding carboxylic acids is 3. The Hall–Kier alpha value is -2.67. The van der Waals surface area contributed by atoms with Gasteiger partial charge < -0.3 is 9.64 Å². The lowest BCUT2D eigenvalue weighted by molar-refractivity contribution is -0.141. The molecule has 1 saturated carbocycles. The highest BCUT2D eigenvalue weighted by Gasteiger charge is 2.47. The molecule has 6 nitrogen and oxygen atoms in total. The molecule has 2 fully saturated rings. The lowest BCUT2D eigenvalue weighted by Gasteiger charge is -2.24. The van der Waals surface area contributed by atoms with Gasteiger partial charge in [-0.25, -0.2) is 0 Å². The molecule has 31 heavy (non-hydrogen) atoms. The maximum atomic E-state index is 13.2. The first-order valence-corrected chi connectivity index (χ1v) is 11.7. The molecule has 2 atom stereocenters. The van der Waals surface area contributed by atoms with Crippen molar-refractivity contribution in [2.75, 3.05) is 13.7 Å². The van der Waals surface area contributed by atoms with E-state index in [9.17, 15) is 14.4 Å². The van der Waals surface area contributed by atoms with E-state index in [1.54, 1.807) is 23.3 Å². The second kappa shape index (κ2) is 9.64.